The lowest BCUT2D eigenvalue weighted by molar-refractivity contribution is 0.416. The molecule has 0 aliphatic carbocycles. The van der Waals surface area contributed by atoms with Crippen LogP contribution in [0.2, 0.25) is 0 Å². The van der Waals surface area contributed by atoms with Crippen LogP contribution < -0.4 is 10.1 Å². The predicted molar refractivity (Wildman–Crippen MR) is 102 cm³/mol. The van der Waals surface area contributed by atoms with Crippen molar-refractivity contribution in [1.82, 2.24) is 0 Å². The number of nitrogens with one attached hydrogen (secondary N) is 1. The van der Waals surface area contributed by atoms with Crippen molar-refractivity contribution in [3.8, 4) is 11.5 Å². The fourth-order valence-corrected chi connectivity index (χ4v) is 2.63. The summed E-state index contributed by atoms with van der Waals surface area (Å²) >= 11 is 0. The highest BCUT2D eigenvalue weighted by atomic mass is 16.5. The lowest BCUT2D eigenvalue weighted by Gasteiger charge is -2.28. The average molecular weight is 327 g/mol. The van der Waals surface area contributed by atoms with Gasteiger partial charge in [-0.2, -0.15) is 0 Å². The van der Waals surface area contributed by atoms with Crippen LogP contribution in [-0.2, 0) is 10.8 Å². The first kappa shape index (κ1) is 18.2. The minimum atomic E-state index is -0.150. The van der Waals surface area contributed by atoms with Gasteiger partial charge in [0.15, 0.2) is 0 Å². The second-order valence-corrected chi connectivity index (χ2v) is 8.25. The van der Waals surface area contributed by atoms with E-state index in [4.69, 9.17) is 4.74 Å². The van der Waals surface area contributed by atoms with E-state index < -0.39 is 0 Å². The predicted octanol–water partition coefficient (Wildman–Crippen LogP) is 5.74. The minimum Gasteiger partial charge on any atom is -0.505 e. The molecule has 0 saturated carbocycles. The summed E-state index contributed by atoms with van der Waals surface area (Å²) in [5.41, 5.74) is 3.50. The number of phenolic OH excluding ortho intramolecular Hbond substituents is 1. The molecule has 0 aliphatic rings. The van der Waals surface area contributed by atoms with Gasteiger partial charge in [0.05, 0.1) is 18.5 Å². The van der Waals surface area contributed by atoms with Gasteiger partial charge < -0.3 is 15.2 Å². The number of anilines is 2. The molecule has 0 fully saturated rings. The molecule has 130 valence electrons. The van der Waals surface area contributed by atoms with E-state index in [0.29, 0.717) is 11.4 Å². The molecular formula is C21H29NO2. The first-order valence-corrected chi connectivity index (χ1v) is 8.32. The summed E-state index contributed by atoms with van der Waals surface area (Å²) < 4.78 is 5.41. The summed E-state index contributed by atoms with van der Waals surface area (Å²) in [4.78, 5) is 0. The zero-order valence-electron chi connectivity index (χ0n) is 15.8. The van der Waals surface area contributed by atoms with Crippen molar-refractivity contribution < 1.29 is 9.84 Å². The van der Waals surface area contributed by atoms with Crippen molar-refractivity contribution in [2.75, 3.05) is 12.4 Å². The van der Waals surface area contributed by atoms with Crippen LogP contribution in [-0.4, -0.2) is 12.2 Å². The molecule has 0 radical (unpaired) electrons. The fourth-order valence-electron chi connectivity index (χ4n) is 2.63. The molecule has 2 aromatic carbocycles. The number of benzene rings is 2. The Kier molecular flexibility index (Phi) is 4.84. The number of hydrogen-bond donors (Lipinski definition) is 2. The first-order valence-electron chi connectivity index (χ1n) is 8.32. The fraction of sp³-hybridized carbons (Fsp3) is 0.429. The highest BCUT2D eigenvalue weighted by molar-refractivity contribution is 5.73. The largest absolute Gasteiger partial charge is 0.505 e. The summed E-state index contributed by atoms with van der Waals surface area (Å²) in [7, 11) is 1.65. The van der Waals surface area contributed by atoms with E-state index in [1.807, 2.05) is 30.3 Å². The number of aromatic hydroxyl groups is 1. The number of para-hydroxylation sites is 2. The van der Waals surface area contributed by atoms with Crippen molar-refractivity contribution in [2.24, 2.45) is 0 Å². The normalized spacial score (nSPS) is 12.1. The summed E-state index contributed by atoms with van der Waals surface area (Å²) in [6.45, 7) is 12.9. The summed E-state index contributed by atoms with van der Waals surface area (Å²) in [6.07, 6.45) is 0. The lowest BCUT2D eigenvalue weighted by atomic mass is 9.79. The van der Waals surface area contributed by atoms with Crippen molar-refractivity contribution in [1.29, 1.82) is 0 Å². The van der Waals surface area contributed by atoms with E-state index in [1.54, 1.807) is 7.11 Å². The molecule has 0 heterocycles. The van der Waals surface area contributed by atoms with Gasteiger partial charge in [0.1, 0.15) is 11.5 Å². The van der Waals surface area contributed by atoms with Crippen LogP contribution in [0.1, 0.15) is 52.7 Å². The monoisotopic (exact) mass is 327 g/mol. The molecule has 2 N–H and O–H groups in total. The Hall–Kier alpha value is -2.16. The zero-order chi connectivity index (χ0) is 18.1. The maximum Gasteiger partial charge on any atom is 0.142 e. The average Bonchev–Trinajstić information content (AvgIpc) is 2.47. The van der Waals surface area contributed by atoms with Crippen LogP contribution in [0.15, 0.2) is 36.4 Å². The van der Waals surface area contributed by atoms with E-state index in [-0.39, 0.29) is 10.8 Å². The smallest absolute Gasteiger partial charge is 0.142 e. The first-order chi connectivity index (χ1) is 11.0. The summed E-state index contributed by atoms with van der Waals surface area (Å²) in [5.74, 6) is 1.04. The van der Waals surface area contributed by atoms with E-state index in [2.05, 4.69) is 52.9 Å². The highest BCUT2D eigenvalue weighted by Gasteiger charge is 2.25. The van der Waals surface area contributed by atoms with Crippen molar-refractivity contribution in [2.45, 2.75) is 52.4 Å². The number of ether oxygens (including phenoxy) is 1. The van der Waals surface area contributed by atoms with Gasteiger partial charge in [-0.05, 0) is 34.6 Å². The Balaban J connectivity index is 2.60. The Bertz CT molecular complexity index is 722. The molecule has 0 atom stereocenters. The van der Waals surface area contributed by atoms with Gasteiger partial charge >= 0.3 is 0 Å². The third kappa shape index (κ3) is 3.84. The van der Waals surface area contributed by atoms with E-state index in [1.165, 1.54) is 5.56 Å². The van der Waals surface area contributed by atoms with Crippen molar-refractivity contribution >= 4 is 11.4 Å². The molecule has 24 heavy (non-hydrogen) atoms. The molecular weight excluding hydrogens is 298 g/mol. The van der Waals surface area contributed by atoms with Crippen molar-refractivity contribution in [3.05, 3.63) is 47.5 Å². The maximum atomic E-state index is 10.8. The second-order valence-electron chi connectivity index (χ2n) is 8.25. The SMILES string of the molecule is COc1ccccc1Nc1cc(C(C)(C)C)cc(C(C)(C)C)c1O. The molecule has 0 bridgehead atoms. The van der Waals surface area contributed by atoms with Gasteiger partial charge in [-0.25, -0.2) is 0 Å². The lowest BCUT2D eigenvalue weighted by Crippen LogP contribution is -2.17. The summed E-state index contributed by atoms with van der Waals surface area (Å²) in [5, 5.41) is 14.2. The second kappa shape index (κ2) is 6.39. The standard InChI is InChI=1S/C21H29NO2/c1-20(2,3)14-12-15(21(4,5)6)19(23)17(13-14)22-16-10-8-9-11-18(16)24-7/h8-13,22-23H,1-7H3. The molecule has 2 rings (SSSR count). The molecule has 3 heteroatoms. The van der Waals surface area contributed by atoms with Gasteiger partial charge in [0.25, 0.3) is 0 Å². The third-order valence-electron chi connectivity index (χ3n) is 4.16. The maximum absolute atomic E-state index is 10.8. The van der Waals surface area contributed by atoms with Crippen molar-refractivity contribution in [3.63, 3.8) is 0 Å². The topological polar surface area (TPSA) is 41.5 Å². The molecule has 2 aromatic rings. The Morgan fingerprint density at radius 1 is 0.875 bits per heavy atom. The number of rotatable bonds is 3. The Labute approximate surface area is 145 Å². The zero-order valence-corrected chi connectivity index (χ0v) is 15.8. The van der Waals surface area contributed by atoms with Gasteiger partial charge in [0, 0.05) is 5.56 Å². The summed E-state index contributed by atoms with van der Waals surface area (Å²) in [6, 6.07) is 11.9. The van der Waals surface area contributed by atoms with Crippen LogP contribution in [0, 0.1) is 0 Å². The van der Waals surface area contributed by atoms with Gasteiger partial charge in [-0.1, -0.05) is 59.7 Å². The quantitative estimate of drug-likeness (QED) is 0.706. The number of methoxy groups -OCH3 is 1. The molecule has 0 amide bonds. The van der Waals surface area contributed by atoms with Crippen LogP contribution in [0.5, 0.6) is 11.5 Å². The Morgan fingerprint density at radius 3 is 2.04 bits per heavy atom. The Morgan fingerprint density at radius 2 is 1.50 bits per heavy atom. The number of hydrogen-bond acceptors (Lipinski definition) is 3. The molecule has 0 saturated heterocycles. The van der Waals surface area contributed by atoms with E-state index in [9.17, 15) is 5.11 Å². The van der Waals surface area contributed by atoms with Gasteiger partial charge in [0.2, 0.25) is 0 Å². The van der Waals surface area contributed by atoms with E-state index in [0.717, 1.165) is 17.0 Å². The van der Waals surface area contributed by atoms with Crippen LogP contribution in [0.3, 0.4) is 0 Å². The third-order valence-corrected chi connectivity index (χ3v) is 4.16. The molecule has 0 unspecified atom stereocenters. The molecule has 0 aliphatic heterocycles. The molecule has 3 nitrogen and oxygen atoms in total. The van der Waals surface area contributed by atoms with E-state index >= 15 is 0 Å². The van der Waals surface area contributed by atoms with Crippen LogP contribution in [0.25, 0.3) is 0 Å². The van der Waals surface area contributed by atoms with Crippen LogP contribution in [0.4, 0.5) is 11.4 Å². The molecule has 0 aromatic heterocycles. The van der Waals surface area contributed by atoms with Gasteiger partial charge in [-0.3, -0.25) is 0 Å². The minimum absolute atomic E-state index is 0.00902. The highest BCUT2D eigenvalue weighted by Crippen LogP contribution is 2.42. The molecule has 0 spiro atoms. The van der Waals surface area contributed by atoms with Crippen LogP contribution >= 0.6 is 0 Å². The van der Waals surface area contributed by atoms with Gasteiger partial charge in [-0.15, -0.1) is 0 Å². The number of phenols is 1.